The molecular weight excluding hydrogens is 250 g/mol. The first-order valence-electron chi connectivity index (χ1n) is 5.95. The van der Waals surface area contributed by atoms with Gasteiger partial charge >= 0.3 is 0 Å². The van der Waals surface area contributed by atoms with E-state index >= 15 is 0 Å². The highest BCUT2D eigenvalue weighted by Crippen LogP contribution is 2.25. The second-order valence-corrected chi connectivity index (χ2v) is 6.57. The van der Waals surface area contributed by atoms with Crippen LogP contribution in [0.2, 0.25) is 0 Å². The van der Waals surface area contributed by atoms with Crippen LogP contribution in [-0.4, -0.2) is 34.4 Å². The van der Waals surface area contributed by atoms with Crippen molar-refractivity contribution in [3.63, 3.8) is 0 Å². The summed E-state index contributed by atoms with van der Waals surface area (Å²) in [5.41, 5.74) is 0. The van der Waals surface area contributed by atoms with E-state index in [0.29, 0.717) is 5.75 Å². The highest BCUT2D eigenvalue weighted by Gasteiger charge is 2.24. The minimum Gasteiger partial charge on any atom is -0.495 e. The largest absolute Gasteiger partial charge is 0.495 e. The van der Waals surface area contributed by atoms with Gasteiger partial charge < -0.3 is 10.1 Å². The standard InChI is InChI=1S/C13H21NO3S/c1-10(2)11(14-3)9-18(15,16)13-8-6-5-7-12(13)17-4/h5-8,10-11,14H,9H2,1-4H3. The number of ether oxygens (including phenoxy) is 1. The molecule has 0 aliphatic rings. The molecule has 4 nitrogen and oxygen atoms in total. The van der Waals surface area contributed by atoms with Crippen LogP contribution in [0.25, 0.3) is 0 Å². The predicted octanol–water partition coefficient (Wildman–Crippen LogP) is 1.71. The van der Waals surface area contributed by atoms with Crippen LogP contribution in [-0.2, 0) is 9.84 Å². The Morgan fingerprint density at radius 2 is 1.89 bits per heavy atom. The minimum absolute atomic E-state index is 0.0695. The van der Waals surface area contributed by atoms with Crippen molar-refractivity contribution in [1.29, 1.82) is 0 Å². The molecule has 0 bridgehead atoms. The van der Waals surface area contributed by atoms with E-state index < -0.39 is 9.84 Å². The summed E-state index contributed by atoms with van der Waals surface area (Å²) in [6.07, 6.45) is 0. The van der Waals surface area contributed by atoms with Crippen LogP contribution in [0.15, 0.2) is 29.2 Å². The number of rotatable bonds is 6. The van der Waals surface area contributed by atoms with Gasteiger partial charge in [0, 0.05) is 6.04 Å². The molecule has 0 amide bonds. The highest BCUT2D eigenvalue weighted by molar-refractivity contribution is 7.91. The number of hydrogen-bond acceptors (Lipinski definition) is 4. The van der Waals surface area contributed by atoms with Gasteiger partial charge in [0.2, 0.25) is 0 Å². The van der Waals surface area contributed by atoms with Gasteiger partial charge in [-0.3, -0.25) is 0 Å². The zero-order valence-corrected chi connectivity index (χ0v) is 12.1. The maximum Gasteiger partial charge on any atom is 0.183 e. The topological polar surface area (TPSA) is 55.4 Å². The van der Waals surface area contributed by atoms with Crippen LogP contribution in [0.4, 0.5) is 0 Å². The first kappa shape index (κ1) is 15.0. The molecule has 1 aromatic rings. The normalized spacial score (nSPS) is 13.6. The summed E-state index contributed by atoms with van der Waals surface area (Å²) in [7, 11) is -0.0882. The lowest BCUT2D eigenvalue weighted by Crippen LogP contribution is -2.37. The van der Waals surface area contributed by atoms with Crippen LogP contribution < -0.4 is 10.1 Å². The quantitative estimate of drug-likeness (QED) is 0.856. The molecule has 0 saturated heterocycles. The molecule has 0 saturated carbocycles. The summed E-state index contributed by atoms with van der Waals surface area (Å²) in [4.78, 5) is 0.258. The Kier molecular flexibility index (Phi) is 5.16. The number of nitrogens with one attached hydrogen (secondary N) is 1. The average molecular weight is 271 g/mol. The molecule has 5 heteroatoms. The van der Waals surface area contributed by atoms with Crippen molar-refractivity contribution < 1.29 is 13.2 Å². The Morgan fingerprint density at radius 1 is 1.28 bits per heavy atom. The first-order valence-corrected chi connectivity index (χ1v) is 7.60. The minimum atomic E-state index is -3.35. The van der Waals surface area contributed by atoms with Gasteiger partial charge in [-0.1, -0.05) is 26.0 Å². The third-order valence-corrected chi connectivity index (χ3v) is 4.78. The van der Waals surface area contributed by atoms with Gasteiger partial charge in [0.05, 0.1) is 12.9 Å². The van der Waals surface area contributed by atoms with Gasteiger partial charge in [0.25, 0.3) is 0 Å². The zero-order valence-electron chi connectivity index (χ0n) is 11.3. The average Bonchev–Trinajstić information content (AvgIpc) is 2.35. The SMILES string of the molecule is CNC(CS(=O)(=O)c1ccccc1OC)C(C)C. The fourth-order valence-electron chi connectivity index (χ4n) is 1.81. The third kappa shape index (κ3) is 3.46. The van der Waals surface area contributed by atoms with Crippen LogP contribution in [0.3, 0.4) is 0 Å². The molecule has 0 aliphatic carbocycles. The summed E-state index contributed by atoms with van der Waals surface area (Å²) in [5.74, 6) is 0.720. The van der Waals surface area contributed by atoms with Crippen molar-refractivity contribution in [2.24, 2.45) is 5.92 Å². The van der Waals surface area contributed by atoms with E-state index in [1.165, 1.54) is 7.11 Å². The number of benzene rings is 1. The predicted molar refractivity (Wildman–Crippen MR) is 72.7 cm³/mol. The van der Waals surface area contributed by atoms with Crippen LogP contribution in [0.1, 0.15) is 13.8 Å². The summed E-state index contributed by atoms with van der Waals surface area (Å²) in [5, 5.41) is 3.04. The molecule has 18 heavy (non-hydrogen) atoms. The molecule has 1 atom stereocenters. The molecule has 0 heterocycles. The molecule has 0 aromatic heterocycles. The fourth-order valence-corrected chi connectivity index (χ4v) is 3.76. The maximum absolute atomic E-state index is 12.4. The molecule has 0 spiro atoms. The Morgan fingerprint density at radius 3 is 2.39 bits per heavy atom. The lowest BCUT2D eigenvalue weighted by atomic mass is 10.1. The summed E-state index contributed by atoms with van der Waals surface area (Å²) >= 11 is 0. The maximum atomic E-state index is 12.4. The molecule has 102 valence electrons. The van der Waals surface area contributed by atoms with Gasteiger partial charge in [-0.25, -0.2) is 8.42 Å². The summed E-state index contributed by atoms with van der Waals surface area (Å²) in [6.45, 7) is 4.00. The molecular formula is C13H21NO3S. The van der Waals surface area contributed by atoms with Gasteiger partial charge in [0.15, 0.2) is 9.84 Å². The van der Waals surface area contributed by atoms with Crippen molar-refractivity contribution >= 4 is 9.84 Å². The molecule has 1 aromatic carbocycles. The Balaban J connectivity index is 3.06. The van der Waals surface area contributed by atoms with E-state index in [9.17, 15) is 8.42 Å². The highest BCUT2D eigenvalue weighted by atomic mass is 32.2. The van der Waals surface area contributed by atoms with Gasteiger partial charge in [-0.05, 0) is 25.1 Å². The zero-order chi connectivity index (χ0) is 13.8. The van der Waals surface area contributed by atoms with E-state index in [4.69, 9.17) is 4.74 Å². The van der Waals surface area contributed by atoms with E-state index in [-0.39, 0.29) is 22.6 Å². The van der Waals surface area contributed by atoms with E-state index in [0.717, 1.165) is 0 Å². The van der Waals surface area contributed by atoms with Crippen molar-refractivity contribution in [3.05, 3.63) is 24.3 Å². The van der Waals surface area contributed by atoms with Crippen molar-refractivity contribution in [2.45, 2.75) is 24.8 Å². The van der Waals surface area contributed by atoms with Crippen LogP contribution in [0.5, 0.6) is 5.75 Å². The smallest absolute Gasteiger partial charge is 0.183 e. The lowest BCUT2D eigenvalue weighted by molar-refractivity contribution is 0.401. The fraction of sp³-hybridized carbons (Fsp3) is 0.538. The Labute approximate surface area is 109 Å². The third-order valence-electron chi connectivity index (χ3n) is 2.98. The van der Waals surface area contributed by atoms with Crippen LogP contribution in [0, 0.1) is 5.92 Å². The number of methoxy groups -OCH3 is 1. The van der Waals surface area contributed by atoms with Crippen molar-refractivity contribution in [3.8, 4) is 5.75 Å². The lowest BCUT2D eigenvalue weighted by Gasteiger charge is -2.20. The van der Waals surface area contributed by atoms with Gasteiger partial charge in [-0.15, -0.1) is 0 Å². The first-order chi connectivity index (χ1) is 8.42. The second-order valence-electron chi connectivity index (χ2n) is 4.57. The summed E-state index contributed by atoms with van der Waals surface area (Å²) in [6, 6.07) is 6.65. The molecule has 0 fully saturated rings. The number of hydrogen-bond donors (Lipinski definition) is 1. The molecule has 0 radical (unpaired) electrons. The molecule has 1 unspecified atom stereocenters. The number of para-hydroxylation sites is 1. The van der Waals surface area contributed by atoms with Crippen molar-refractivity contribution in [1.82, 2.24) is 5.32 Å². The monoisotopic (exact) mass is 271 g/mol. The van der Waals surface area contributed by atoms with Gasteiger partial charge in [-0.2, -0.15) is 0 Å². The molecule has 0 aliphatic heterocycles. The van der Waals surface area contributed by atoms with Crippen LogP contribution >= 0.6 is 0 Å². The second kappa shape index (κ2) is 6.20. The summed E-state index contributed by atoms with van der Waals surface area (Å²) < 4.78 is 29.8. The number of sulfone groups is 1. The van der Waals surface area contributed by atoms with E-state index in [1.807, 2.05) is 13.8 Å². The van der Waals surface area contributed by atoms with E-state index in [2.05, 4.69) is 5.32 Å². The van der Waals surface area contributed by atoms with Crippen molar-refractivity contribution in [2.75, 3.05) is 19.9 Å². The van der Waals surface area contributed by atoms with E-state index in [1.54, 1.807) is 31.3 Å². The molecule has 1 N–H and O–H groups in total. The Hall–Kier alpha value is -1.07. The van der Waals surface area contributed by atoms with Gasteiger partial charge in [0.1, 0.15) is 10.6 Å². The Bertz CT molecular complexity index is 483. The molecule has 1 rings (SSSR count).